The lowest BCUT2D eigenvalue weighted by Crippen LogP contribution is -2.18. The van der Waals surface area contributed by atoms with Crippen LogP contribution in [-0.4, -0.2) is 36.5 Å². The molecule has 0 heterocycles. The minimum atomic E-state index is -4.34. The quantitative estimate of drug-likeness (QED) is 0.104. The molecule has 0 aliphatic carbocycles. The molecule has 0 saturated heterocycles. The van der Waals surface area contributed by atoms with Crippen LogP contribution in [-0.2, 0) is 30.4 Å². The van der Waals surface area contributed by atoms with Crippen molar-refractivity contribution in [1.82, 2.24) is 0 Å². The van der Waals surface area contributed by atoms with Gasteiger partial charge < -0.3 is 4.74 Å². The Kier molecular flexibility index (Phi) is 14.2. The number of esters is 1. The van der Waals surface area contributed by atoms with E-state index in [2.05, 4.69) is 22.5 Å². The van der Waals surface area contributed by atoms with Crippen molar-refractivity contribution in [3.8, 4) is 0 Å². The van der Waals surface area contributed by atoms with Gasteiger partial charge in [-0.2, -0.15) is 0 Å². The average Bonchev–Trinajstić information content (AvgIpc) is 2.62. The van der Waals surface area contributed by atoms with Crippen LogP contribution >= 0.6 is 72.6 Å². The molecule has 0 spiro atoms. The summed E-state index contributed by atoms with van der Waals surface area (Å²) in [6.45, 7) is 5.15. The van der Waals surface area contributed by atoms with E-state index >= 15 is 0 Å². The molecule has 0 atom stereocenters. The summed E-state index contributed by atoms with van der Waals surface area (Å²) in [7, 11) is -1.79. The highest BCUT2D eigenvalue weighted by Gasteiger charge is 2.42. The fourth-order valence-electron chi connectivity index (χ4n) is 1.38. The Morgan fingerprint density at radius 1 is 1.19 bits per heavy atom. The highest BCUT2D eigenvalue weighted by Crippen LogP contribution is 2.62. The molecule has 13 heteroatoms. The lowest BCUT2D eigenvalue weighted by molar-refractivity contribution is -0.137. The fourth-order valence-corrected chi connectivity index (χ4v) is 5.37. The summed E-state index contributed by atoms with van der Waals surface area (Å²) in [5.74, 6) is -0.978. The molecule has 0 aliphatic rings. The summed E-state index contributed by atoms with van der Waals surface area (Å²) in [6.07, 6.45) is 2.70. The largest absolute Gasteiger partial charge is 0.462 e. The maximum Gasteiger partial charge on any atom is 0.395 e. The summed E-state index contributed by atoms with van der Waals surface area (Å²) in [4.78, 5) is 14.2. The van der Waals surface area contributed by atoms with E-state index in [1.54, 1.807) is 6.92 Å². The number of carbonyl (C=O) groups is 1. The van der Waals surface area contributed by atoms with Gasteiger partial charge in [0.25, 0.3) is 0 Å². The molecule has 0 aromatic rings. The first kappa shape index (κ1) is 26.1. The topological polar surface area (TPSA) is 80.3 Å². The summed E-state index contributed by atoms with van der Waals surface area (Å²) in [6, 6.07) is 0. The standard InChI is InChI=1S/C13H16BrO7PS4/c1-5-9(23)11(10(24)7-8-14)12(13(15)19-6-2)22(16,20-25-17-3)21-26-18-4/h5,7-8H,1,6H2,2-4H3. The third kappa shape index (κ3) is 8.01. The van der Waals surface area contributed by atoms with Crippen molar-refractivity contribution in [3.05, 3.63) is 34.6 Å². The molecule has 0 bridgehead atoms. The van der Waals surface area contributed by atoms with Gasteiger partial charge in [-0.25, -0.2) is 12.7 Å². The van der Waals surface area contributed by atoms with E-state index in [-0.39, 0.29) is 21.9 Å². The number of hydrogen-bond acceptors (Lipinski definition) is 11. The molecule has 0 saturated carbocycles. The second kappa shape index (κ2) is 14.2. The van der Waals surface area contributed by atoms with E-state index < -0.39 is 18.9 Å². The Morgan fingerprint density at radius 3 is 2.12 bits per heavy atom. The number of ether oxygens (including phenoxy) is 1. The number of hydrogen-bond donors (Lipinski definition) is 0. The first-order valence-electron chi connectivity index (χ1n) is 6.60. The first-order chi connectivity index (χ1) is 12.3. The molecule has 0 aromatic heterocycles. The van der Waals surface area contributed by atoms with Crippen molar-refractivity contribution < 1.29 is 30.4 Å². The van der Waals surface area contributed by atoms with Crippen molar-refractivity contribution in [2.24, 2.45) is 0 Å². The number of carbonyl (C=O) groups excluding carboxylic acids is 1. The highest BCUT2D eigenvalue weighted by molar-refractivity contribution is 9.11. The second-order valence-electron chi connectivity index (χ2n) is 3.79. The monoisotopic (exact) mass is 522 g/mol. The van der Waals surface area contributed by atoms with Crippen molar-refractivity contribution in [2.75, 3.05) is 20.8 Å². The van der Waals surface area contributed by atoms with Gasteiger partial charge in [-0.3, -0.25) is 12.9 Å². The molecule has 7 nitrogen and oxygen atoms in total. The van der Waals surface area contributed by atoms with E-state index in [1.807, 2.05) is 0 Å². The SMILES string of the molecule is C=CC(=S)C(C(=S)C=CBr)=C(C(=O)OCC)P(=O)(OSOC)OSOC. The van der Waals surface area contributed by atoms with Crippen LogP contribution in [0.5, 0.6) is 0 Å². The fraction of sp³-hybridized carbons (Fsp3) is 0.308. The first-order valence-corrected chi connectivity index (χ1v) is 11.2. The average molecular weight is 523 g/mol. The van der Waals surface area contributed by atoms with Gasteiger partial charge in [0, 0.05) is 15.3 Å². The van der Waals surface area contributed by atoms with Crippen molar-refractivity contribution in [2.45, 2.75) is 6.92 Å². The minimum absolute atomic E-state index is 0.00630. The van der Waals surface area contributed by atoms with Gasteiger partial charge >= 0.3 is 13.6 Å². The van der Waals surface area contributed by atoms with E-state index in [4.69, 9.17) is 45.5 Å². The summed E-state index contributed by atoms with van der Waals surface area (Å²) in [5.41, 5.74) is -0.0455. The molecular weight excluding hydrogens is 507 g/mol. The number of allylic oxidation sites excluding steroid dienone is 3. The van der Waals surface area contributed by atoms with Crippen LogP contribution in [0, 0.1) is 0 Å². The maximum absolute atomic E-state index is 13.3. The third-order valence-electron chi connectivity index (χ3n) is 2.27. The highest BCUT2D eigenvalue weighted by atomic mass is 79.9. The van der Waals surface area contributed by atoms with Gasteiger partial charge in [0.1, 0.15) is 0 Å². The molecule has 26 heavy (non-hydrogen) atoms. The molecule has 0 fully saturated rings. The zero-order valence-electron chi connectivity index (χ0n) is 14.0. The minimum Gasteiger partial charge on any atom is -0.462 e. The zero-order valence-corrected chi connectivity index (χ0v) is 19.7. The summed E-state index contributed by atoms with van der Waals surface area (Å²) >= 11 is 14.3. The molecule has 0 unspecified atom stereocenters. The van der Waals surface area contributed by atoms with Gasteiger partial charge in [-0.1, -0.05) is 53.0 Å². The summed E-state index contributed by atoms with van der Waals surface area (Å²) < 4.78 is 37.9. The van der Waals surface area contributed by atoms with Crippen LogP contribution < -0.4 is 0 Å². The predicted octanol–water partition coefficient (Wildman–Crippen LogP) is 5.28. The number of halogens is 1. The van der Waals surface area contributed by atoms with Gasteiger partial charge in [-0.05, 0) is 18.0 Å². The van der Waals surface area contributed by atoms with Crippen LogP contribution in [0.3, 0.4) is 0 Å². The molecular formula is C13H16BrO7PS4. The lowest BCUT2D eigenvalue weighted by Gasteiger charge is -2.20. The van der Waals surface area contributed by atoms with Crippen LogP contribution in [0.2, 0.25) is 0 Å². The number of thiocarbonyl (C=S) groups is 2. The predicted molar refractivity (Wildman–Crippen MR) is 116 cm³/mol. The van der Waals surface area contributed by atoms with Crippen LogP contribution in [0.25, 0.3) is 0 Å². The smallest absolute Gasteiger partial charge is 0.395 e. The van der Waals surface area contributed by atoms with Gasteiger partial charge in [-0.15, -0.1) is 0 Å². The lowest BCUT2D eigenvalue weighted by atomic mass is 10.1. The molecule has 0 radical (unpaired) electrons. The molecule has 0 rings (SSSR count). The Morgan fingerprint density at radius 2 is 1.73 bits per heavy atom. The summed E-state index contributed by atoms with van der Waals surface area (Å²) in [5, 5.41) is -0.492. The second-order valence-corrected chi connectivity index (χ2v) is 8.77. The Labute approximate surface area is 180 Å². The van der Waals surface area contributed by atoms with Crippen molar-refractivity contribution in [3.63, 3.8) is 0 Å². The van der Waals surface area contributed by atoms with E-state index in [1.165, 1.54) is 31.4 Å². The van der Waals surface area contributed by atoms with Crippen molar-refractivity contribution in [1.29, 1.82) is 0 Å². The molecule has 0 N–H and O–H groups in total. The van der Waals surface area contributed by atoms with E-state index in [0.717, 1.165) is 0 Å². The zero-order chi connectivity index (χ0) is 20.2. The molecule has 146 valence electrons. The maximum atomic E-state index is 13.3. The third-order valence-corrected chi connectivity index (χ3v) is 6.52. The van der Waals surface area contributed by atoms with E-state index in [0.29, 0.717) is 24.6 Å². The Balaban J connectivity index is 6.71. The van der Waals surface area contributed by atoms with Crippen LogP contribution in [0.1, 0.15) is 6.92 Å². The van der Waals surface area contributed by atoms with Gasteiger partial charge in [0.2, 0.25) is 0 Å². The van der Waals surface area contributed by atoms with E-state index in [9.17, 15) is 9.36 Å². The Bertz CT molecular complexity index is 638. The number of rotatable bonds is 13. The van der Waals surface area contributed by atoms with Gasteiger partial charge in [0.05, 0.1) is 20.8 Å². The van der Waals surface area contributed by atoms with Crippen LogP contribution in [0.15, 0.2) is 34.6 Å². The van der Waals surface area contributed by atoms with Crippen molar-refractivity contribution >= 4 is 88.3 Å². The Hall–Kier alpha value is 0.120. The molecule has 0 aliphatic heterocycles. The molecule has 0 aromatic carbocycles. The molecule has 0 amide bonds. The van der Waals surface area contributed by atoms with Crippen LogP contribution in [0.4, 0.5) is 0 Å². The van der Waals surface area contributed by atoms with Gasteiger partial charge in [0.15, 0.2) is 30.0 Å². The normalized spacial score (nSPS) is 12.6.